The van der Waals surface area contributed by atoms with Gasteiger partial charge >= 0.3 is 0 Å². The molecule has 2 fully saturated rings. The van der Waals surface area contributed by atoms with Gasteiger partial charge in [-0.25, -0.2) is 0 Å². The number of carbonyl (C=O) groups is 1. The van der Waals surface area contributed by atoms with Crippen molar-refractivity contribution in [1.82, 2.24) is 15.5 Å². The van der Waals surface area contributed by atoms with Gasteiger partial charge in [-0.15, -0.1) is 0 Å². The smallest absolute Gasteiger partial charge is 0.248 e. The highest BCUT2D eigenvalue weighted by Crippen LogP contribution is 2.21. The summed E-state index contributed by atoms with van der Waals surface area (Å²) in [5.41, 5.74) is 0. The first kappa shape index (κ1) is 9.86. The molecule has 0 aliphatic carbocycles. The number of carbonyl (C=O) groups excluding carboxylic acids is 1. The molecule has 1 atom stereocenters. The first-order valence-electron chi connectivity index (χ1n) is 4.97. The van der Waals surface area contributed by atoms with Gasteiger partial charge < -0.3 is 15.5 Å². The van der Waals surface area contributed by atoms with Crippen LogP contribution in [0.15, 0.2) is 0 Å². The average molecular weight is 213 g/mol. The summed E-state index contributed by atoms with van der Waals surface area (Å²) in [7, 11) is 2.11. The Morgan fingerprint density at radius 1 is 1.43 bits per heavy atom. The lowest BCUT2D eigenvalue weighted by molar-refractivity contribution is -0.121. The second-order valence-corrected chi connectivity index (χ2v) is 4.49. The van der Waals surface area contributed by atoms with E-state index in [4.69, 9.17) is 12.2 Å². The van der Waals surface area contributed by atoms with Crippen LogP contribution in [-0.2, 0) is 4.79 Å². The molecule has 2 aliphatic rings. The molecular formula is C9H15N3OS. The Kier molecular flexibility index (Phi) is 2.69. The molecule has 2 heterocycles. The maximum Gasteiger partial charge on any atom is 0.248 e. The number of nitrogens with one attached hydrogen (secondary N) is 2. The monoisotopic (exact) mass is 213 g/mol. The summed E-state index contributed by atoms with van der Waals surface area (Å²) in [6.07, 6.45) is 2.15. The normalized spacial score (nSPS) is 30.2. The van der Waals surface area contributed by atoms with E-state index in [1.807, 2.05) is 0 Å². The number of thiocarbonyl (C=S) groups is 1. The minimum atomic E-state index is -0.0869. The Labute approximate surface area is 89.0 Å². The van der Waals surface area contributed by atoms with Crippen LogP contribution in [0.25, 0.3) is 0 Å². The van der Waals surface area contributed by atoms with Gasteiger partial charge in [-0.1, -0.05) is 0 Å². The third-order valence-corrected chi connectivity index (χ3v) is 3.26. The predicted octanol–water partition coefficient (Wildman–Crippen LogP) is -0.299. The molecule has 0 aromatic carbocycles. The van der Waals surface area contributed by atoms with E-state index in [0.717, 1.165) is 25.9 Å². The van der Waals surface area contributed by atoms with E-state index in [9.17, 15) is 4.79 Å². The van der Waals surface area contributed by atoms with Crippen LogP contribution in [0.3, 0.4) is 0 Å². The van der Waals surface area contributed by atoms with Crippen LogP contribution in [-0.4, -0.2) is 42.1 Å². The first-order chi connectivity index (χ1) is 6.66. The highest BCUT2D eigenvalue weighted by Gasteiger charge is 2.35. The minimum absolute atomic E-state index is 0.0459. The topological polar surface area (TPSA) is 44.4 Å². The zero-order chi connectivity index (χ0) is 10.1. The predicted molar refractivity (Wildman–Crippen MR) is 57.9 cm³/mol. The molecule has 1 unspecified atom stereocenters. The van der Waals surface area contributed by atoms with Gasteiger partial charge in [-0.2, -0.15) is 0 Å². The van der Waals surface area contributed by atoms with Gasteiger partial charge in [0.1, 0.15) is 6.04 Å². The third kappa shape index (κ3) is 1.88. The fourth-order valence-corrected chi connectivity index (χ4v) is 2.35. The molecule has 14 heavy (non-hydrogen) atoms. The van der Waals surface area contributed by atoms with Gasteiger partial charge in [0.15, 0.2) is 5.11 Å². The van der Waals surface area contributed by atoms with Gasteiger partial charge in [0.2, 0.25) is 5.91 Å². The fraction of sp³-hybridized carbons (Fsp3) is 0.778. The van der Waals surface area contributed by atoms with E-state index in [2.05, 4.69) is 22.6 Å². The molecule has 4 nitrogen and oxygen atoms in total. The van der Waals surface area contributed by atoms with Gasteiger partial charge in [0.25, 0.3) is 0 Å². The zero-order valence-corrected chi connectivity index (χ0v) is 9.06. The van der Waals surface area contributed by atoms with Crippen LogP contribution >= 0.6 is 12.2 Å². The van der Waals surface area contributed by atoms with Crippen molar-refractivity contribution in [2.24, 2.45) is 5.92 Å². The molecule has 0 aromatic heterocycles. The van der Waals surface area contributed by atoms with Crippen molar-refractivity contribution < 1.29 is 4.79 Å². The van der Waals surface area contributed by atoms with Crippen LogP contribution < -0.4 is 10.6 Å². The van der Waals surface area contributed by atoms with Crippen molar-refractivity contribution in [1.29, 1.82) is 0 Å². The number of rotatable bonds is 1. The van der Waals surface area contributed by atoms with Crippen molar-refractivity contribution in [3.05, 3.63) is 0 Å². The van der Waals surface area contributed by atoms with E-state index in [1.54, 1.807) is 0 Å². The second-order valence-electron chi connectivity index (χ2n) is 4.08. The molecule has 0 saturated carbocycles. The van der Waals surface area contributed by atoms with Crippen molar-refractivity contribution in [3.63, 3.8) is 0 Å². The van der Waals surface area contributed by atoms with Crippen LogP contribution in [0, 0.1) is 5.92 Å². The Hall–Kier alpha value is -0.680. The number of amides is 1. The molecule has 78 valence electrons. The van der Waals surface area contributed by atoms with Gasteiger partial charge in [0.05, 0.1) is 0 Å². The molecule has 0 radical (unpaired) electrons. The molecular weight excluding hydrogens is 198 g/mol. The van der Waals surface area contributed by atoms with E-state index >= 15 is 0 Å². The van der Waals surface area contributed by atoms with Crippen LogP contribution in [0.4, 0.5) is 0 Å². The summed E-state index contributed by atoms with van der Waals surface area (Å²) in [5.74, 6) is 0.483. The molecule has 2 rings (SSSR count). The lowest BCUT2D eigenvalue weighted by atomic mass is 9.90. The van der Waals surface area contributed by atoms with Crippen molar-refractivity contribution in [2.75, 3.05) is 20.1 Å². The van der Waals surface area contributed by atoms with E-state index < -0.39 is 0 Å². The summed E-state index contributed by atoms with van der Waals surface area (Å²) >= 11 is 4.91. The van der Waals surface area contributed by atoms with Gasteiger partial charge in [0, 0.05) is 0 Å². The Morgan fingerprint density at radius 3 is 2.57 bits per heavy atom. The lowest BCUT2D eigenvalue weighted by Gasteiger charge is -2.31. The van der Waals surface area contributed by atoms with Crippen molar-refractivity contribution in [2.45, 2.75) is 18.9 Å². The minimum Gasteiger partial charge on any atom is -0.350 e. The first-order valence-corrected chi connectivity index (χ1v) is 5.37. The SMILES string of the molecule is CN1CCC(C2NC(=S)NC2=O)CC1. The summed E-state index contributed by atoms with van der Waals surface area (Å²) in [5, 5.41) is 6.17. The van der Waals surface area contributed by atoms with Crippen LogP contribution in [0.5, 0.6) is 0 Å². The van der Waals surface area contributed by atoms with Crippen LogP contribution in [0.1, 0.15) is 12.8 Å². The maximum atomic E-state index is 11.5. The molecule has 2 aliphatic heterocycles. The van der Waals surface area contributed by atoms with Gasteiger partial charge in [-0.05, 0) is 51.1 Å². The fourth-order valence-electron chi connectivity index (χ4n) is 2.13. The summed E-state index contributed by atoms with van der Waals surface area (Å²) in [6, 6.07) is -0.0869. The Morgan fingerprint density at radius 2 is 2.07 bits per heavy atom. The molecule has 0 aromatic rings. The number of nitrogens with zero attached hydrogens (tertiary/aromatic N) is 1. The molecule has 1 amide bonds. The third-order valence-electron chi connectivity index (χ3n) is 3.04. The second kappa shape index (κ2) is 3.82. The maximum absolute atomic E-state index is 11.5. The van der Waals surface area contributed by atoms with E-state index in [1.165, 1.54) is 0 Å². The molecule has 0 bridgehead atoms. The highest BCUT2D eigenvalue weighted by molar-refractivity contribution is 7.80. The summed E-state index contributed by atoms with van der Waals surface area (Å²) in [6.45, 7) is 2.14. The molecule has 2 saturated heterocycles. The largest absolute Gasteiger partial charge is 0.350 e. The number of likely N-dealkylation sites (tertiary alicyclic amines) is 1. The average Bonchev–Trinajstić information content (AvgIpc) is 2.47. The van der Waals surface area contributed by atoms with Crippen molar-refractivity contribution >= 4 is 23.2 Å². The molecule has 2 N–H and O–H groups in total. The van der Waals surface area contributed by atoms with E-state index in [-0.39, 0.29) is 11.9 Å². The van der Waals surface area contributed by atoms with Gasteiger partial charge in [-0.3, -0.25) is 4.79 Å². The standard InChI is InChI=1S/C9H15N3OS/c1-12-4-2-6(3-5-12)7-8(13)11-9(14)10-7/h6-7H,2-5H2,1H3,(H2,10,11,13,14). The number of hydrogen-bond donors (Lipinski definition) is 2. The Bertz CT molecular complexity index is 261. The molecule has 5 heteroatoms. The molecule has 0 spiro atoms. The summed E-state index contributed by atoms with van der Waals surface area (Å²) < 4.78 is 0. The zero-order valence-electron chi connectivity index (χ0n) is 8.25. The number of hydrogen-bond acceptors (Lipinski definition) is 3. The van der Waals surface area contributed by atoms with Crippen LogP contribution in [0.2, 0.25) is 0 Å². The number of piperidine rings is 1. The van der Waals surface area contributed by atoms with E-state index in [0.29, 0.717) is 11.0 Å². The lowest BCUT2D eigenvalue weighted by Crippen LogP contribution is -2.43. The Balaban J connectivity index is 1.95. The highest BCUT2D eigenvalue weighted by atomic mass is 32.1. The van der Waals surface area contributed by atoms with Crippen molar-refractivity contribution in [3.8, 4) is 0 Å². The quantitative estimate of drug-likeness (QED) is 0.587. The summed E-state index contributed by atoms with van der Waals surface area (Å²) in [4.78, 5) is 13.8.